The Morgan fingerprint density at radius 1 is 0.541 bits per heavy atom. The van der Waals surface area contributed by atoms with E-state index in [0.29, 0.717) is 60.4 Å². The van der Waals surface area contributed by atoms with Crippen LogP contribution in [0.3, 0.4) is 0 Å². The first-order chi connectivity index (χ1) is 35.8. The Balaban J connectivity index is 0.000000175. The Labute approximate surface area is 425 Å². The number of sulfonamides is 1. The van der Waals surface area contributed by atoms with Crippen molar-refractivity contribution >= 4 is 77.6 Å². The number of aromatic nitrogens is 4. The lowest BCUT2D eigenvalue weighted by atomic mass is 10.1. The zero-order valence-corrected chi connectivity index (χ0v) is 41.7. The lowest BCUT2D eigenvalue weighted by Gasteiger charge is -2.36. The van der Waals surface area contributed by atoms with E-state index in [1.165, 1.54) is 34.6 Å². The van der Waals surface area contributed by atoms with Gasteiger partial charge in [0.15, 0.2) is 0 Å². The van der Waals surface area contributed by atoms with Gasteiger partial charge in [0, 0.05) is 114 Å². The van der Waals surface area contributed by atoms with Crippen molar-refractivity contribution in [3.63, 3.8) is 0 Å². The van der Waals surface area contributed by atoms with Gasteiger partial charge in [-0.25, -0.2) is 40.3 Å². The summed E-state index contributed by atoms with van der Waals surface area (Å²) in [5.41, 5.74) is 6.09. The smallest absolute Gasteiger partial charge is 0.243 e. The number of piperazine rings is 2. The third-order valence-corrected chi connectivity index (χ3v) is 15.5. The van der Waals surface area contributed by atoms with Gasteiger partial charge in [0.05, 0.1) is 112 Å². The minimum absolute atomic E-state index is 0.110. The largest absolute Gasteiger partial charge is 0.378 e. The fraction of sp³-hybridized carbons (Fsp3) is 0.346. The molecule has 7 aromatic rings. The van der Waals surface area contributed by atoms with Gasteiger partial charge in [-0.1, -0.05) is 6.07 Å². The number of hydrogen-bond donors (Lipinski definition) is 3. The van der Waals surface area contributed by atoms with E-state index in [0.717, 1.165) is 99.0 Å². The predicted molar refractivity (Wildman–Crippen MR) is 276 cm³/mol. The molecule has 16 nitrogen and oxygen atoms in total. The number of ether oxygens (including phenoxy) is 2. The summed E-state index contributed by atoms with van der Waals surface area (Å²) in [4.78, 5) is 26.3. The third-order valence-electron chi connectivity index (χ3n) is 13.6. The molecule has 4 aromatic heterocycles. The summed E-state index contributed by atoms with van der Waals surface area (Å²) in [6.45, 7) is 13.4. The first-order valence-corrected chi connectivity index (χ1v) is 25.9. The molecule has 22 heteroatoms. The molecule has 388 valence electrons. The summed E-state index contributed by atoms with van der Waals surface area (Å²) in [6.07, 6.45) is 6.91. The highest BCUT2D eigenvalue weighted by atomic mass is 32.2. The zero-order valence-electron chi connectivity index (χ0n) is 40.9. The van der Waals surface area contributed by atoms with E-state index in [-0.39, 0.29) is 47.4 Å². The monoisotopic (exact) mass is 1040 g/mol. The van der Waals surface area contributed by atoms with Gasteiger partial charge in [0.25, 0.3) is 0 Å². The Hall–Kier alpha value is -6.98. The second-order valence-electron chi connectivity index (χ2n) is 18.3. The topological polar surface area (TPSA) is 156 Å². The molecule has 4 saturated heterocycles. The summed E-state index contributed by atoms with van der Waals surface area (Å²) in [5, 5.41) is 10.4. The number of anilines is 8. The summed E-state index contributed by atoms with van der Waals surface area (Å²) in [5.74, 6) is -2.19. The van der Waals surface area contributed by atoms with Gasteiger partial charge in [0.2, 0.25) is 10.0 Å². The van der Waals surface area contributed by atoms with Gasteiger partial charge >= 0.3 is 0 Å². The highest BCUT2D eigenvalue weighted by molar-refractivity contribution is 7.89. The number of benzene rings is 3. The first kappa shape index (κ1) is 50.5. The molecule has 0 unspecified atom stereocenters. The number of nitrogens with zero attached hydrogens (tertiary/aromatic N) is 9. The fourth-order valence-electron chi connectivity index (χ4n) is 9.78. The molecule has 74 heavy (non-hydrogen) atoms. The maximum absolute atomic E-state index is 15.2. The Bertz CT molecular complexity index is 3300. The van der Waals surface area contributed by atoms with Gasteiger partial charge < -0.3 is 45.0 Å². The summed E-state index contributed by atoms with van der Waals surface area (Å²) in [6, 6.07) is 13.0. The van der Waals surface area contributed by atoms with Crippen molar-refractivity contribution in [3.05, 3.63) is 126 Å². The van der Waals surface area contributed by atoms with Crippen LogP contribution in [0.4, 0.5) is 67.7 Å². The molecular formula is C52H55F5N12O4S. The third kappa shape index (κ3) is 10.8. The lowest BCUT2D eigenvalue weighted by Crippen LogP contribution is -2.49. The Kier molecular flexibility index (Phi) is 14.9. The Morgan fingerprint density at radius 3 is 1.49 bits per heavy atom. The van der Waals surface area contributed by atoms with Crippen LogP contribution in [0, 0.1) is 42.9 Å². The zero-order chi connectivity index (χ0) is 51.5. The van der Waals surface area contributed by atoms with Crippen LogP contribution in [0.25, 0.3) is 21.8 Å². The summed E-state index contributed by atoms with van der Waals surface area (Å²) < 4.78 is 111. The van der Waals surface area contributed by atoms with Crippen LogP contribution in [0.2, 0.25) is 0 Å². The van der Waals surface area contributed by atoms with E-state index in [1.54, 1.807) is 25.5 Å². The summed E-state index contributed by atoms with van der Waals surface area (Å²) in [7, 11) is -3.89. The van der Waals surface area contributed by atoms with Crippen molar-refractivity contribution < 1.29 is 39.8 Å². The molecular weight excluding hydrogens is 984 g/mol. The molecule has 0 amide bonds. The van der Waals surface area contributed by atoms with E-state index < -0.39 is 39.1 Å². The molecule has 4 aliphatic rings. The van der Waals surface area contributed by atoms with Crippen molar-refractivity contribution in [3.8, 4) is 0 Å². The minimum Gasteiger partial charge on any atom is -0.378 e. The van der Waals surface area contributed by atoms with Gasteiger partial charge in [-0.15, -0.1) is 0 Å². The Morgan fingerprint density at radius 2 is 1.01 bits per heavy atom. The molecule has 0 radical (unpaired) electrons. The highest BCUT2D eigenvalue weighted by Crippen LogP contribution is 2.39. The number of halogens is 5. The number of morpholine rings is 2. The maximum atomic E-state index is 15.2. The molecule has 0 spiro atoms. The fourth-order valence-corrected chi connectivity index (χ4v) is 11.2. The number of hydrogen-bond acceptors (Lipinski definition) is 15. The van der Waals surface area contributed by atoms with Crippen molar-refractivity contribution in [1.82, 2.24) is 29.6 Å². The maximum Gasteiger partial charge on any atom is 0.243 e. The van der Waals surface area contributed by atoms with Gasteiger partial charge in [-0.2, -0.15) is 4.31 Å². The van der Waals surface area contributed by atoms with E-state index in [1.807, 2.05) is 30.2 Å². The number of fused-ring (bicyclic) bond motifs is 2. The molecule has 8 heterocycles. The number of nitrogens with one attached hydrogen (secondary N) is 3. The summed E-state index contributed by atoms with van der Waals surface area (Å²) >= 11 is 0. The van der Waals surface area contributed by atoms with E-state index in [2.05, 4.69) is 50.6 Å². The molecule has 3 N–H and O–H groups in total. The second-order valence-corrected chi connectivity index (χ2v) is 20.3. The normalized spacial score (nSPS) is 16.9. The molecule has 4 aliphatic heterocycles. The number of rotatable bonds is 10. The SMILES string of the molecule is Cc1c(N2CCN(S(=O)(=O)c3cccc(F)c3)CC2)nc2cc(F)cc(F)c2c1Nc1cncc(N2CCOCC2)c1.Cc1c(N2CCNCC2)nc2cc(F)cc(F)c2c1Nc1cncc(N2CCOCC2)c1. The first-order valence-electron chi connectivity index (χ1n) is 24.5. The van der Waals surface area contributed by atoms with Crippen molar-refractivity contribution in [2.75, 3.05) is 135 Å². The minimum atomic E-state index is -3.89. The van der Waals surface area contributed by atoms with Crippen LogP contribution in [0.15, 0.2) is 90.3 Å². The average molecular weight is 1040 g/mol. The van der Waals surface area contributed by atoms with Crippen LogP contribution in [0.1, 0.15) is 11.1 Å². The van der Waals surface area contributed by atoms with Crippen LogP contribution in [-0.2, 0) is 19.5 Å². The van der Waals surface area contributed by atoms with Crippen molar-refractivity contribution in [2.45, 2.75) is 18.7 Å². The average Bonchev–Trinajstić information content (AvgIpc) is 3.41. The van der Waals surface area contributed by atoms with E-state index >= 15 is 4.39 Å². The molecule has 0 aliphatic carbocycles. The molecule has 3 aromatic carbocycles. The number of pyridine rings is 4. The quantitative estimate of drug-likeness (QED) is 0.115. The van der Waals surface area contributed by atoms with E-state index in [4.69, 9.17) is 9.47 Å². The van der Waals surface area contributed by atoms with Crippen LogP contribution in [-0.4, -0.2) is 138 Å². The highest BCUT2D eigenvalue weighted by Gasteiger charge is 2.31. The van der Waals surface area contributed by atoms with Gasteiger partial charge in [0.1, 0.15) is 40.7 Å². The van der Waals surface area contributed by atoms with Crippen LogP contribution >= 0.6 is 0 Å². The van der Waals surface area contributed by atoms with Gasteiger partial charge in [-0.05, 0) is 44.2 Å². The van der Waals surface area contributed by atoms with Gasteiger partial charge in [-0.3, -0.25) is 9.97 Å². The molecule has 4 fully saturated rings. The molecule has 0 saturated carbocycles. The van der Waals surface area contributed by atoms with Crippen molar-refractivity contribution in [1.29, 1.82) is 0 Å². The molecule has 0 bridgehead atoms. The lowest BCUT2D eigenvalue weighted by molar-refractivity contribution is 0.122. The van der Waals surface area contributed by atoms with Crippen LogP contribution in [0.5, 0.6) is 0 Å². The predicted octanol–water partition coefficient (Wildman–Crippen LogP) is 7.65. The standard InChI is InChI=1S/C29H29F3N6O3S.C23H26F2N6O/c1-19-28(34-22-16-23(18-33-17-22)36-9-11-41-12-10-36)27-25(32)14-21(31)15-26(27)35-29(19)37-5-7-38(8-6-37)42(39,40)24-4-2-3-20(30)13-24;1-15-22(28-17-12-18(14-27-13-17)30-6-8-32-9-7-30)21-19(25)10-16(24)11-20(21)29-23(15)31-4-2-26-3-5-31/h2-4,13-18H,5-12H2,1H3,(H,34,35);10-14,26H,2-9H2,1H3,(H,28,29). The van der Waals surface area contributed by atoms with Crippen LogP contribution < -0.4 is 35.6 Å². The second kappa shape index (κ2) is 21.9. The van der Waals surface area contributed by atoms with E-state index in [9.17, 15) is 26.0 Å². The molecule has 11 rings (SSSR count). The molecule has 0 atom stereocenters. The van der Waals surface area contributed by atoms with Crippen molar-refractivity contribution in [2.24, 2.45) is 0 Å².